The summed E-state index contributed by atoms with van der Waals surface area (Å²) in [6, 6.07) is 5.06. The molecule has 0 heterocycles. The van der Waals surface area contributed by atoms with Gasteiger partial charge in [-0.3, -0.25) is 0 Å². The summed E-state index contributed by atoms with van der Waals surface area (Å²) in [6.45, 7) is 0.608. The van der Waals surface area contributed by atoms with Gasteiger partial charge in [-0.15, -0.1) is 0 Å². The Balaban J connectivity index is 2.51. The van der Waals surface area contributed by atoms with Crippen molar-refractivity contribution in [3.05, 3.63) is 29.6 Å². The van der Waals surface area contributed by atoms with E-state index in [0.29, 0.717) is 6.54 Å². The van der Waals surface area contributed by atoms with E-state index < -0.39 is 0 Å². The number of nitrogens with two attached hydrogens (primary N) is 1. The smallest absolute Gasteiger partial charge is 0.123 e. The maximum atomic E-state index is 13.5. The molecule has 0 amide bonds. The van der Waals surface area contributed by atoms with Crippen LogP contribution in [0.4, 0.5) is 10.1 Å². The van der Waals surface area contributed by atoms with Crippen LogP contribution in [0.1, 0.15) is 31.2 Å². The first-order valence-electron chi connectivity index (χ1n) is 6.26. The number of nitrogens with zero attached hydrogens (tertiary/aromatic N) is 1. The fourth-order valence-corrected chi connectivity index (χ4v) is 2.96. The van der Waals surface area contributed by atoms with E-state index in [0.717, 1.165) is 24.1 Å². The van der Waals surface area contributed by atoms with Crippen molar-refractivity contribution in [1.29, 1.82) is 0 Å². The highest BCUT2D eigenvalue weighted by Crippen LogP contribution is 2.44. The summed E-state index contributed by atoms with van der Waals surface area (Å²) in [5.41, 5.74) is 8.15. The molecule has 2 nitrogen and oxygen atoms in total. The fraction of sp³-hybridized carbons (Fsp3) is 0.571. The minimum absolute atomic E-state index is 0.0122. The minimum atomic E-state index is -0.162. The number of hydrogen-bond donors (Lipinski definition) is 1. The molecule has 2 N–H and O–H groups in total. The molecule has 0 saturated heterocycles. The van der Waals surface area contributed by atoms with Crippen molar-refractivity contribution < 1.29 is 4.39 Å². The van der Waals surface area contributed by atoms with Crippen molar-refractivity contribution in [2.75, 3.05) is 25.5 Å². The number of benzene rings is 1. The number of halogens is 1. The fourth-order valence-electron chi connectivity index (χ4n) is 2.96. The molecule has 0 aromatic heterocycles. The number of rotatable bonds is 3. The van der Waals surface area contributed by atoms with Crippen LogP contribution in [0, 0.1) is 5.82 Å². The molecule has 0 unspecified atom stereocenters. The molecule has 3 heteroatoms. The average molecular weight is 236 g/mol. The van der Waals surface area contributed by atoms with Gasteiger partial charge in [-0.05, 0) is 36.6 Å². The molecule has 1 aliphatic rings. The van der Waals surface area contributed by atoms with Crippen LogP contribution >= 0.6 is 0 Å². The van der Waals surface area contributed by atoms with Gasteiger partial charge in [0, 0.05) is 31.7 Å². The average Bonchev–Trinajstić information content (AvgIpc) is 2.78. The quantitative estimate of drug-likeness (QED) is 0.874. The van der Waals surface area contributed by atoms with Crippen LogP contribution in [0.25, 0.3) is 0 Å². The van der Waals surface area contributed by atoms with Crippen molar-refractivity contribution >= 4 is 5.69 Å². The molecule has 1 aromatic rings. The van der Waals surface area contributed by atoms with Crippen LogP contribution < -0.4 is 10.6 Å². The topological polar surface area (TPSA) is 29.3 Å². The van der Waals surface area contributed by atoms with Crippen LogP contribution in [-0.4, -0.2) is 20.6 Å². The van der Waals surface area contributed by atoms with Crippen LogP contribution in [-0.2, 0) is 5.41 Å². The van der Waals surface area contributed by atoms with Crippen molar-refractivity contribution in [3.63, 3.8) is 0 Å². The molecule has 1 fully saturated rings. The Morgan fingerprint density at radius 2 is 1.94 bits per heavy atom. The zero-order valence-corrected chi connectivity index (χ0v) is 10.7. The molecule has 0 radical (unpaired) electrons. The van der Waals surface area contributed by atoms with E-state index in [1.807, 2.05) is 25.1 Å². The van der Waals surface area contributed by atoms with Gasteiger partial charge in [-0.25, -0.2) is 4.39 Å². The summed E-state index contributed by atoms with van der Waals surface area (Å²) < 4.78 is 13.5. The first-order valence-corrected chi connectivity index (χ1v) is 6.26. The van der Waals surface area contributed by atoms with E-state index in [-0.39, 0.29) is 11.2 Å². The molecule has 0 aliphatic heterocycles. The van der Waals surface area contributed by atoms with Crippen LogP contribution in [0.2, 0.25) is 0 Å². The first-order chi connectivity index (χ1) is 8.09. The Bertz CT molecular complexity index is 395. The zero-order chi connectivity index (χ0) is 12.5. The van der Waals surface area contributed by atoms with Gasteiger partial charge in [-0.2, -0.15) is 0 Å². The molecule has 1 aromatic carbocycles. The Hall–Kier alpha value is -1.09. The summed E-state index contributed by atoms with van der Waals surface area (Å²) in [5.74, 6) is -0.162. The van der Waals surface area contributed by atoms with Crippen molar-refractivity contribution in [3.8, 4) is 0 Å². The highest BCUT2D eigenvalue weighted by Gasteiger charge is 2.36. The predicted octanol–water partition coefficient (Wildman–Crippen LogP) is 2.66. The molecule has 0 spiro atoms. The highest BCUT2D eigenvalue weighted by molar-refractivity contribution is 5.56. The van der Waals surface area contributed by atoms with Gasteiger partial charge in [0.15, 0.2) is 0 Å². The van der Waals surface area contributed by atoms with Crippen molar-refractivity contribution in [1.82, 2.24) is 0 Å². The van der Waals surface area contributed by atoms with E-state index in [9.17, 15) is 4.39 Å². The van der Waals surface area contributed by atoms with Gasteiger partial charge < -0.3 is 10.6 Å². The molecule has 94 valence electrons. The van der Waals surface area contributed by atoms with Gasteiger partial charge in [0.25, 0.3) is 0 Å². The van der Waals surface area contributed by atoms with Crippen LogP contribution in [0.5, 0.6) is 0 Å². The number of anilines is 1. The summed E-state index contributed by atoms with van der Waals surface area (Å²) in [7, 11) is 3.99. The van der Waals surface area contributed by atoms with Gasteiger partial charge >= 0.3 is 0 Å². The third-order valence-corrected chi connectivity index (χ3v) is 3.96. The largest absolute Gasteiger partial charge is 0.377 e. The lowest BCUT2D eigenvalue weighted by Gasteiger charge is -2.32. The maximum absolute atomic E-state index is 13.5. The number of hydrogen-bond acceptors (Lipinski definition) is 2. The molecular weight excluding hydrogens is 215 g/mol. The van der Waals surface area contributed by atoms with Gasteiger partial charge in [0.2, 0.25) is 0 Å². The maximum Gasteiger partial charge on any atom is 0.123 e. The van der Waals surface area contributed by atoms with E-state index >= 15 is 0 Å². The van der Waals surface area contributed by atoms with Gasteiger partial charge in [0.05, 0.1) is 0 Å². The Morgan fingerprint density at radius 3 is 2.47 bits per heavy atom. The lowest BCUT2D eigenvalue weighted by molar-refractivity contribution is 0.450. The monoisotopic (exact) mass is 236 g/mol. The Labute approximate surface area is 103 Å². The van der Waals surface area contributed by atoms with E-state index in [1.165, 1.54) is 18.9 Å². The van der Waals surface area contributed by atoms with E-state index in [1.54, 1.807) is 6.07 Å². The second-order valence-electron chi connectivity index (χ2n) is 5.25. The molecule has 1 aliphatic carbocycles. The summed E-state index contributed by atoms with van der Waals surface area (Å²) >= 11 is 0. The third-order valence-electron chi connectivity index (χ3n) is 3.96. The molecular formula is C14H21FN2. The van der Waals surface area contributed by atoms with Gasteiger partial charge in [0.1, 0.15) is 5.82 Å². The van der Waals surface area contributed by atoms with Crippen molar-refractivity contribution in [2.24, 2.45) is 5.73 Å². The van der Waals surface area contributed by atoms with E-state index in [2.05, 4.69) is 0 Å². The summed E-state index contributed by atoms with van der Waals surface area (Å²) in [6.07, 6.45) is 4.54. The zero-order valence-electron chi connectivity index (χ0n) is 10.7. The van der Waals surface area contributed by atoms with E-state index in [4.69, 9.17) is 5.73 Å². The summed E-state index contributed by atoms with van der Waals surface area (Å²) in [5, 5.41) is 0. The third kappa shape index (κ3) is 2.16. The Kier molecular flexibility index (Phi) is 3.38. The standard InChI is InChI=1S/C14H21FN2/c1-17(2)13-6-5-11(15)9-12(13)14(10-16)7-3-4-8-14/h5-6,9H,3-4,7-8,10,16H2,1-2H3. The lowest BCUT2D eigenvalue weighted by atomic mass is 9.78. The molecule has 2 rings (SSSR count). The molecule has 0 bridgehead atoms. The SMILES string of the molecule is CN(C)c1ccc(F)cc1C1(CN)CCCC1. The molecule has 0 atom stereocenters. The first kappa shape index (κ1) is 12.4. The minimum Gasteiger partial charge on any atom is -0.377 e. The second-order valence-corrected chi connectivity index (χ2v) is 5.25. The van der Waals surface area contributed by atoms with Crippen LogP contribution in [0.3, 0.4) is 0 Å². The van der Waals surface area contributed by atoms with Crippen molar-refractivity contribution in [2.45, 2.75) is 31.1 Å². The Morgan fingerprint density at radius 1 is 1.29 bits per heavy atom. The highest BCUT2D eigenvalue weighted by atomic mass is 19.1. The van der Waals surface area contributed by atoms with Gasteiger partial charge in [-0.1, -0.05) is 12.8 Å². The normalized spacial score (nSPS) is 18.4. The predicted molar refractivity (Wildman–Crippen MR) is 69.9 cm³/mol. The lowest BCUT2D eigenvalue weighted by Crippen LogP contribution is -2.33. The molecule has 17 heavy (non-hydrogen) atoms. The summed E-state index contributed by atoms with van der Waals surface area (Å²) in [4.78, 5) is 2.05. The van der Waals surface area contributed by atoms with Crippen LogP contribution in [0.15, 0.2) is 18.2 Å². The second kappa shape index (κ2) is 4.65. The molecule has 1 saturated carbocycles.